The predicted octanol–water partition coefficient (Wildman–Crippen LogP) is 3.25. The van der Waals surface area contributed by atoms with Crippen LogP contribution in [0, 0.1) is 5.92 Å². The van der Waals surface area contributed by atoms with Crippen LogP contribution in [0.15, 0.2) is 42.5 Å². The molecule has 1 unspecified atom stereocenters. The zero-order chi connectivity index (χ0) is 20.4. The minimum absolute atomic E-state index is 0.110. The van der Waals surface area contributed by atoms with Gasteiger partial charge in [0.25, 0.3) is 0 Å². The maximum atomic E-state index is 12.8. The van der Waals surface area contributed by atoms with Gasteiger partial charge in [0, 0.05) is 29.9 Å². The highest BCUT2D eigenvalue weighted by atomic mass is 35.5. The van der Waals surface area contributed by atoms with Crippen molar-refractivity contribution in [1.29, 1.82) is 0 Å². The molecule has 0 saturated carbocycles. The summed E-state index contributed by atoms with van der Waals surface area (Å²) in [6.45, 7) is 0.756. The molecule has 1 fully saturated rings. The average molecular weight is 437 g/mol. The third-order valence-corrected chi connectivity index (χ3v) is 7.12. The van der Waals surface area contributed by atoms with Crippen LogP contribution in [0.4, 0.5) is 5.69 Å². The summed E-state index contributed by atoms with van der Waals surface area (Å²) in [5, 5.41) is 3.42. The largest absolute Gasteiger partial charge is 0.454 e. The molecule has 0 aliphatic carbocycles. The molecule has 9 heteroatoms. The first-order chi connectivity index (χ1) is 13.9. The molecule has 2 aromatic rings. The van der Waals surface area contributed by atoms with E-state index in [1.165, 1.54) is 4.31 Å². The summed E-state index contributed by atoms with van der Waals surface area (Å²) in [7, 11) is -3.52. The molecule has 0 aromatic heterocycles. The average Bonchev–Trinajstić information content (AvgIpc) is 3.17. The fraction of sp³-hybridized carbons (Fsp3) is 0.350. The lowest BCUT2D eigenvalue weighted by Gasteiger charge is -2.31. The quantitative estimate of drug-likeness (QED) is 0.777. The Labute approximate surface area is 174 Å². The van der Waals surface area contributed by atoms with Gasteiger partial charge in [-0.25, -0.2) is 12.7 Å². The second-order valence-electron chi connectivity index (χ2n) is 7.14. The van der Waals surface area contributed by atoms with Crippen LogP contribution in [0.3, 0.4) is 0 Å². The van der Waals surface area contributed by atoms with Crippen molar-refractivity contribution in [2.75, 3.05) is 25.2 Å². The zero-order valence-electron chi connectivity index (χ0n) is 15.6. The third kappa shape index (κ3) is 4.66. The summed E-state index contributed by atoms with van der Waals surface area (Å²) in [4.78, 5) is 12.7. The van der Waals surface area contributed by atoms with Crippen molar-refractivity contribution in [2.45, 2.75) is 18.6 Å². The number of benzene rings is 2. The van der Waals surface area contributed by atoms with Crippen molar-refractivity contribution in [2.24, 2.45) is 5.92 Å². The van der Waals surface area contributed by atoms with E-state index in [9.17, 15) is 13.2 Å². The molecular weight excluding hydrogens is 416 g/mol. The number of carbonyl (C=O) groups is 1. The van der Waals surface area contributed by atoms with Crippen LogP contribution in [0.1, 0.15) is 18.4 Å². The molecule has 7 nitrogen and oxygen atoms in total. The fourth-order valence-corrected chi connectivity index (χ4v) is 5.25. The van der Waals surface area contributed by atoms with E-state index in [1.807, 2.05) is 0 Å². The van der Waals surface area contributed by atoms with E-state index in [0.29, 0.717) is 47.2 Å². The van der Waals surface area contributed by atoms with Gasteiger partial charge in [-0.05, 0) is 42.7 Å². The van der Waals surface area contributed by atoms with Crippen molar-refractivity contribution >= 4 is 33.2 Å². The lowest BCUT2D eigenvalue weighted by molar-refractivity contribution is -0.120. The zero-order valence-corrected chi connectivity index (χ0v) is 17.2. The van der Waals surface area contributed by atoms with Crippen molar-refractivity contribution < 1.29 is 22.7 Å². The van der Waals surface area contributed by atoms with Crippen LogP contribution in [0.25, 0.3) is 0 Å². The highest BCUT2D eigenvalue weighted by Gasteiger charge is 2.32. The van der Waals surface area contributed by atoms with E-state index in [0.717, 1.165) is 0 Å². The molecule has 0 spiro atoms. The molecule has 2 aliphatic heterocycles. The number of nitrogens with one attached hydrogen (secondary N) is 1. The van der Waals surface area contributed by atoms with Gasteiger partial charge in [0.15, 0.2) is 11.5 Å². The number of sulfonamides is 1. The molecular formula is C20H21ClN2O5S. The van der Waals surface area contributed by atoms with Crippen molar-refractivity contribution in [3.05, 3.63) is 53.1 Å². The van der Waals surface area contributed by atoms with Gasteiger partial charge in [-0.2, -0.15) is 0 Å². The molecule has 1 atom stereocenters. The number of anilines is 1. The van der Waals surface area contributed by atoms with Crippen LogP contribution < -0.4 is 14.8 Å². The molecule has 0 bridgehead atoms. The number of ether oxygens (including phenoxy) is 2. The van der Waals surface area contributed by atoms with Crippen LogP contribution in [-0.2, 0) is 20.6 Å². The standard InChI is InChI=1S/C20H21ClN2O5S/c21-16-5-3-14(4-6-16)12-29(25,26)23-9-1-2-15(11-23)20(24)22-17-7-8-18-19(10-17)28-13-27-18/h3-8,10,15H,1-2,9,11-13H2,(H,22,24). The lowest BCUT2D eigenvalue weighted by atomic mass is 9.98. The van der Waals surface area contributed by atoms with Crippen LogP contribution in [-0.4, -0.2) is 38.5 Å². The molecule has 1 amide bonds. The molecule has 1 saturated heterocycles. The normalized spacial score (nSPS) is 19.1. The highest BCUT2D eigenvalue weighted by Crippen LogP contribution is 2.34. The number of piperidine rings is 1. The molecule has 29 heavy (non-hydrogen) atoms. The van der Waals surface area contributed by atoms with Gasteiger partial charge in [-0.1, -0.05) is 23.7 Å². The smallest absolute Gasteiger partial charge is 0.231 e. The van der Waals surface area contributed by atoms with Crippen LogP contribution in [0.5, 0.6) is 11.5 Å². The minimum Gasteiger partial charge on any atom is -0.454 e. The molecule has 2 aromatic carbocycles. The Morgan fingerprint density at radius 1 is 1.14 bits per heavy atom. The molecule has 4 rings (SSSR count). The summed E-state index contributed by atoms with van der Waals surface area (Å²) >= 11 is 5.86. The van der Waals surface area contributed by atoms with Crippen molar-refractivity contribution in [1.82, 2.24) is 4.31 Å². The van der Waals surface area contributed by atoms with Gasteiger partial charge in [0.2, 0.25) is 22.7 Å². The Bertz CT molecular complexity index is 1010. The molecule has 154 valence electrons. The van der Waals surface area contributed by atoms with E-state index in [1.54, 1.807) is 42.5 Å². The maximum Gasteiger partial charge on any atom is 0.231 e. The van der Waals surface area contributed by atoms with E-state index >= 15 is 0 Å². The summed E-state index contributed by atoms with van der Waals surface area (Å²) < 4.78 is 37.7. The van der Waals surface area contributed by atoms with Crippen LogP contribution >= 0.6 is 11.6 Å². The second-order valence-corrected chi connectivity index (χ2v) is 9.54. The monoisotopic (exact) mass is 436 g/mol. The predicted molar refractivity (Wildman–Crippen MR) is 110 cm³/mol. The number of halogens is 1. The lowest BCUT2D eigenvalue weighted by Crippen LogP contribution is -2.44. The molecule has 2 aliphatic rings. The minimum atomic E-state index is -3.52. The Balaban J connectivity index is 1.40. The first kappa shape index (κ1) is 20.0. The van der Waals surface area contributed by atoms with Gasteiger partial charge >= 0.3 is 0 Å². The summed E-state index contributed by atoms with van der Waals surface area (Å²) in [6, 6.07) is 11.9. The maximum absolute atomic E-state index is 12.8. The SMILES string of the molecule is O=C(Nc1ccc2c(c1)OCO2)C1CCCN(S(=O)(=O)Cc2ccc(Cl)cc2)C1. The fourth-order valence-electron chi connectivity index (χ4n) is 3.51. The number of fused-ring (bicyclic) bond motifs is 1. The third-order valence-electron chi connectivity index (χ3n) is 5.05. The summed E-state index contributed by atoms with van der Waals surface area (Å²) in [5.41, 5.74) is 1.27. The van der Waals surface area contributed by atoms with Crippen LogP contribution in [0.2, 0.25) is 5.02 Å². The Morgan fingerprint density at radius 2 is 1.90 bits per heavy atom. The van der Waals surface area contributed by atoms with Gasteiger partial charge in [0.05, 0.1) is 11.7 Å². The van der Waals surface area contributed by atoms with Crippen molar-refractivity contribution in [3.63, 3.8) is 0 Å². The number of hydrogen-bond donors (Lipinski definition) is 1. The van der Waals surface area contributed by atoms with E-state index in [4.69, 9.17) is 21.1 Å². The highest BCUT2D eigenvalue weighted by molar-refractivity contribution is 7.88. The van der Waals surface area contributed by atoms with E-state index < -0.39 is 15.9 Å². The van der Waals surface area contributed by atoms with Crippen molar-refractivity contribution in [3.8, 4) is 11.5 Å². The van der Waals surface area contributed by atoms with Gasteiger partial charge in [-0.3, -0.25) is 4.79 Å². The summed E-state index contributed by atoms with van der Waals surface area (Å²) in [6.07, 6.45) is 1.28. The first-order valence-electron chi connectivity index (χ1n) is 9.33. The Morgan fingerprint density at radius 3 is 2.69 bits per heavy atom. The van der Waals surface area contributed by atoms with Gasteiger partial charge in [-0.15, -0.1) is 0 Å². The number of amides is 1. The Kier molecular flexibility index (Phi) is 5.67. The molecule has 2 heterocycles. The number of carbonyl (C=O) groups excluding carboxylic acids is 1. The number of rotatable bonds is 5. The summed E-state index contributed by atoms with van der Waals surface area (Å²) in [5.74, 6) is 0.504. The topological polar surface area (TPSA) is 84.9 Å². The van der Waals surface area contributed by atoms with Gasteiger partial charge in [0.1, 0.15) is 0 Å². The second kappa shape index (κ2) is 8.22. The van der Waals surface area contributed by atoms with E-state index in [2.05, 4.69) is 5.32 Å². The number of nitrogens with zero attached hydrogens (tertiary/aromatic N) is 1. The number of hydrogen-bond acceptors (Lipinski definition) is 5. The Hall–Kier alpha value is -2.29. The molecule has 0 radical (unpaired) electrons. The van der Waals surface area contributed by atoms with Gasteiger partial charge < -0.3 is 14.8 Å². The first-order valence-corrected chi connectivity index (χ1v) is 11.3. The van der Waals surface area contributed by atoms with E-state index in [-0.39, 0.29) is 25.0 Å². The molecule has 1 N–H and O–H groups in total.